The van der Waals surface area contributed by atoms with Crippen molar-refractivity contribution in [1.82, 2.24) is 14.5 Å². The van der Waals surface area contributed by atoms with Crippen molar-refractivity contribution in [1.29, 1.82) is 0 Å². The molecule has 0 saturated heterocycles. The van der Waals surface area contributed by atoms with Crippen LogP contribution in [0.2, 0.25) is 20.2 Å². The summed E-state index contributed by atoms with van der Waals surface area (Å²) in [6.45, 7) is 0.844. The monoisotopic (exact) mass is 465 g/mol. The summed E-state index contributed by atoms with van der Waals surface area (Å²) in [4.78, 5) is 8.45. The Bertz CT molecular complexity index is 1150. The topological polar surface area (TPSA) is 39.9 Å². The Morgan fingerprint density at radius 3 is 2.52 bits per heavy atom. The number of halogens is 4. The van der Waals surface area contributed by atoms with Gasteiger partial charge in [-0.15, -0.1) is 0 Å². The van der Waals surface area contributed by atoms with Gasteiger partial charge in [0.1, 0.15) is 11.3 Å². The predicted molar refractivity (Wildman–Crippen MR) is 118 cm³/mol. The Balaban J connectivity index is 1.66. The highest BCUT2D eigenvalue weighted by atomic mass is 35.5. The number of pyridine rings is 1. The molecule has 29 heavy (non-hydrogen) atoms. The van der Waals surface area contributed by atoms with Crippen molar-refractivity contribution < 1.29 is 4.74 Å². The lowest BCUT2D eigenvalue weighted by molar-refractivity contribution is 0.0286. The first-order valence-corrected chi connectivity index (χ1v) is 10.3. The van der Waals surface area contributed by atoms with Gasteiger partial charge >= 0.3 is 0 Å². The maximum Gasteiger partial charge on any atom is 0.130 e. The molecule has 0 aliphatic carbocycles. The van der Waals surface area contributed by atoms with E-state index in [0.717, 1.165) is 22.0 Å². The number of benzene rings is 2. The van der Waals surface area contributed by atoms with Crippen LogP contribution in [-0.2, 0) is 17.9 Å². The van der Waals surface area contributed by atoms with Crippen LogP contribution in [-0.4, -0.2) is 14.5 Å². The van der Waals surface area contributed by atoms with Crippen LogP contribution in [0.1, 0.15) is 17.2 Å². The van der Waals surface area contributed by atoms with Gasteiger partial charge in [-0.1, -0.05) is 52.5 Å². The Hall–Kier alpha value is -1.82. The number of hydrogen-bond donors (Lipinski definition) is 0. The fourth-order valence-corrected chi connectivity index (χ4v) is 4.06. The largest absolute Gasteiger partial charge is 0.367 e. The highest BCUT2D eigenvalue weighted by Gasteiger charge is 2.18. The first kappa shape index (κ1) is 20.5. The summed E-state index contributed by atoms with van der Waals surface area (Å²) in [5.41, 5.74) is 2.49. The second-order valence-electron chi connectivity index (χ2n) is 6.49. The molecule has 2 aromatic heterocycles. The normalized spacial score (nSPS) is 12.4. The average Bonchev–Trinajstić information content (AvgIpc) is 3.19. The van der Waals surface area contributed by atoms with Crippen molar-refractivity contribution in [2.75, 3.05) is 0 Å². The van der Waals surface area contributed by atoms with Gasteiger partial charge in [-0.25, -0.2) is 9.97 Å². The summed E-state index contributed by atoms with van der Waals surface area (Å²) in [6.07, 6.45) is 5.01. The number of fused-ring (bicyclic) bond motifs is 1. The lowest BCUT2D eigenvalue weighted by Gasteiger charge is -2.21. The fourth-order valence-electron chi connectivity index (χ4n) is 3.13. The molecule has 0 bridgehead atoms. The van der Waals surface area contributed by atoms with Crippen LogP contribution < -0.4 is 0 Å². The van der Waals surface area contributed by atoms with Crippen molar-refractivity contribution >= 4 is 57.3 Å². The third-order valence-electron chi connectivity index (χ3n) is 4.51. The summed E-state index contributed by atoms with van der Waals surface area (Å²) in [7, 11) is 0. The lowest BCUT2D eigenvalue weighted by atomic mass is 10.1. The van der Waals surface area contributed by atoms with Crippen LogP contribution in [0, 0.1) is 0 Å². The molecule has 0 saturated carbocycles. The minimum Gasteiger partial charge on any atom is -0.367 e. The van der Waals surface area contributed by atoms with Gasteiger partial charge in [0.05, 0.1) is 25.0 Å². The maximum atomic E-state index is 6.45. The Morgan fingerprint density at radius 2 is 1.76 bits per heavy atom. The summed E-state index contributed by atoms with van der Waals surface area (Å²) < 4.78 is 8.24. The minimum atomic E-state index is -0.324. The highest BCUT2D eigenvalue weighted by molar-refractivity contribution is 6.35. The number of ether oxygens (including phenoxy) is 1. The smallest absolute Gasteiger partial charge is 0.130 e. The summed E-state index contributed by atoms with van der Waals surface area (Å²) in [5, 5.41) is 3.03. The number of rotatable bonds is 6. The molecule has 4 aromatic rings. The molecule has 0 spiro atoms. The van der Waals surface area contributed by atoms with Crippen LogP contribution in [0.25, 0.3) is 10.9 Å². The molecule has 4 rings (SSSR count). The molecule has 2 heterocycles. The molecule has 0 amide bonds. The van der Waals surface area contributed by atoms with E-state index in [9.17, 15) is 0 Å². The van der Waals surface area contributed by atoms with E-state index in [0.29, 0.717) is 33.4 Å². The van der Waals surface area contributed by atoms with Crippen LogP contribution in [0.3, 0.4) is 0 Å². The SMILES string of the molecule is Clc1ccc(C(Cn2ccnc2)OCc2cc(Cl)nc3ccc(Cl)cc23)c(Cl)c1. The number of hydrogen-bond acceptors (Lipinski definition) is 3. The van der Waals surface area contributed by atoms with E-state index < -0.39 is 0 Å². The van der Waals surface area contributed by atoms with E-state index >= 15 is 0 Å². The standard InChI is InChI=1S/C21H15Cl4N3O/c22-14-2-4-19-17(8-14)13(7-21(25)27-19)11-29-20(10-28-6-5-26-12-28)16-3-1-15(23)9-18(16)24/h1-9,12,20H,10-11H2. The summed E-state index contributed by atoms with van der Waals surface area (Å²) in [6, 6.07) is 12.7. The molecule has 0 N–H and O–H groups in total. The van der Waals surface area contributed by atoms with Crippen LogP contribution in [0.4, 0.5) is 0 Å². The molecular weight excluding hydrogens is 452 g/mol. The summed E-state index contributed by atoms with van der Waals surface area (Å²) in [5.74, 6) is 0. The summed E-state index contributed by atoms with van der Waals surface area (Å²) >= 11 is 24.9. The molecule has 148 valence electrons. The Kier molecular flexibility index (Phi) is 6.28. The molecule has 0 aliphatic heterocycles. The van der Waals surface area contributed by atoms with E-state index in [1.54, 1.807) is 36.8 Å². The van der Waals surface area contributed by atoms with E-state index in [4.69, 9.17) is 51.1 Å². The van der Waals surface area contributed by atoms with Crippen molar-refractivity contribution in [2.45, 2.75) is 19.3 Å². The van der Waals surface area contributed by atoms with Gasteiger partial charge in [0.25, 0.3) is 0 Å². The Labute approximate surface area is 188 Å². The second kappa shape index (κ2) is 8.90. The minimum absolute atomic E-state index is 0.303. The lowest BCUT2D eigenvalue weighted by Crippen LogP contribution is -2.13. The van der Waals surface area contributed by atoms with Crippen molar-refractivity contribution in [2.24, 2.45) is 0 Å². The van der Waals surface area contributed by atoms with Crippen molar-refractivity contribution in [3.63, 3.8) is 0 Å². The quantitative estimate of drug-likeness (QED) is 0.287. The molecule has 8 heteroatoms. The van der Waals surface area contributed by atoms with Gasteiger partial charge < -0.3 is 9.30 Å². The van der Waals surface area contributed by atoms with Crippen molar-refractivity contribution in [3.8, 4) is 0 Å². The molecule has 2 aromatic carbocycles. The average molecular weight is 467 g/mol. The third-order valence-corrected chi connectivity index (χ3v) is 5.50. The van der Waals surface area contributed by atoms with Crippen LogP contribution in [0.5, 0.6) is 0 Å². The number of imidazole rings is 1. The van der Waals surface area contributed by atoms with Gasteiger partial charge in [-0.2, -0.15) is 0 Å². The zero-order chi connectivity index (χ0) is 20.4. The Morgan fingerprint density at radius 1 is 0.966 bits per heavy atom. The van der Waals surface area contributed by atoms with Gasteiger partial charge in [-0.3, -0.25) is 0 Å². The van der Waals surface area contributed by atoms with Gasteiger partial charge in [-0.05, 0) is 42.0 Å². The van der Waals surface area contributed by atoms with E-state index in [1.807, 2.05) is 29.0 Å². The van der Waals surface area contributed by atoms with Crippen LogP contribution in [0.15, 0.2) is 61.2 Å². The molecule has 4 nitrogen and oxygen atoms in total. The molecule has 0 fully saturated rings. The fraction of sp³-hybridized carbons (Fsp3) is 0.143. The first-order chi connectivity index (χ1) is 14.0. The van der Waals surface area contributed by atoms with Gasteiger partial charge in [0, 0.05) is 38.4 Å². The maximum absolute atomic E-state index is 6.45. The zero-order valence-corrected chi connectivity index (χ0v) is 18.1. The van der Waals surface area contributed by atoms with E-state index in [1.165, 1.54) is 0 Å². The molecular formula is C21H15Cl4N3O. The van der Waals surface area contributed by atoms with Crippen LogP contribution >= 0.6 is 46.4 Å². The molecule has 1 atom stereocenters. The second-order valence-corrected chi connectivity index (χ2v) is 8.16. The van der Waals surface area contributed by atoms with E-state index in [2.05, 4.69) is 9.97 Å². The third kappa shape index (κ3) is 4.85. The van der Waals surface area contributed by atoms with E-state index in [-0.39, 0.29) is 6.10 Å². The highest BCUT2D eigenvalue weighted by Crippen LogP contribution is 2.32. The zero-order valence-electron chi connectivity index (χ0n) is 15.0. The van der Waals surface area contributed by atoms with Gasteiger partial charge in [0.2, 0.25) is 0 Å². The predicted octanol–water partition coefficient (Wildman–Crippen LogP) is 7.00. The number of aromatic nitrogens is 3. The number of nitrogens with zero attached hydrogens (tertiary/aromatic N) is 3. The first-order valence-electron chi connectivity index (χ1n) is 8.76. The van der Waals surface area contributed by atoms with Gasteiger partial charge in [0.15, 0.2) is 0 Å². The molecule has 1 unspecified atom stereocenters. The van der Waals surface area contributed by atoms with Crippen molar-refractivity contribution in [3.05, 3.63) is 92.5 Å². The molecule has 0 aliphatic rings. The molecule has 0 radical (unpaired) electrons.